The van der Waals surface area contributed by atoms with Gasteiger partial charge in [0.25, 0.3) is 11.2 Å². The van der Waals surface area contributed by atoms with Crippen molar-refractivity contribution < 1.29 is 14.8 Å². The van der Waals surface area contributed by atoms with Crippen molar-refractivity contribution >= 4 is 22.6 Å². The molecule has 0 atom stereocenters. The Balaban J connectivity index is 1.90. The van der Waals surface area contributed by atoms with Crippen LogP contribution in [0.3, 0.4) is 0 Å². The third kappa shape index (κ3) is 2.28. The maximum Gasteiger partial charge on any atom is 0.407 e. The summed E-state index contributed by atoms with van der Waals surface area (Å²) in [5, 5.41) is 20.4. The van der Waals surface area contributed by atoms with Crippen molar-refractivity contribution in [3.63, 3.8) is 0 Å². The largest absolute Gasteiger partial charge is 0.465 e. The van der Waals surface area contributed by atoms with Gasteiger partial charge in [0.15, 0.2) is 0 Å². The zero-order valence-electron chi connectivity index (χ0n) is 11.5. The molecule has 1 amide bonds. The van der Waals surface area contributed by atoms with Gasteiger partial charge in [-0.1, -0.05) is 6.07 Å². The Kier molecular flexibility index (Phi) is 3.28. The summed E-state index contributed by atoms with van der Waals surface area (Å²) >= 11 is 0. The summed E-state index contributed by atoms with van der Waals surface area (Å²) in [7, 11) is 0. The Labute approximate surface area is 124 Å². The summed E-state index contributed by atoms with van der Waals surface area (Å²) in [6.07, 6.45) is 0.568. The highest BCUT2D eigenvalue weighted by molar-refractivity contribution is 5.89. The fraction of sp³-hybridized carbons (Fsp3) is 0.286. The number of rotatable bonds is 3. The Hall–Kier alpha value is -2.90. The molecule has 0 radical (unpaired) electrons. The molecule has 3 rings (SSSR count). The molecule has 1 aromatic carbocycles. The highest BCUT2D eigenvalue weighted by Crippen LogP contribution is 2.23. The van der Waals surface area contributed by atoms with Crippen LogP contribution >= 0.6 is 0 Å². The van der Waals surface area contributed by atoms with E-state index in [4.69, 9.17) is 5.11 Å². The molecule has 1 aliphatic rings. The second kappa shape index (κ2) is 5.14. The summed E-state index contributed by atoms with van der Waals surface area (Å²) in [6, 6.07) is 5.97. The van der Waals surface area contributed by atoms with E-state index in [0.717, 1.165) is 0 Å². The lowest BCUT2D eigenvalue weighted by atomic mass is 10.0. The van der Waals surface area contributed by atoms with Gasteiger partial charge in [0.2, 0.25) is 0 Å². The number of carbonyl (C=O) groups is 1. The number of benzene rings is 1. The number of aromatic nitrogens is 1. The maximum absolute atomic E-state index is 12.4. The van der Waals surface area contributed by atoms with E-state index in [-0.39, 0.29) is 17.2 Å². The van der Waals surface area contributed by atoms with E-state index in [0.29, 0.717) is 30.4 Å². The van der Waals surface area contributed by atoms with Crippen LogP contribution in [0.15, 0.2) is 35.3 Å². The molecule has 1 fully saturated rings. The first kappa shape index (κ1) is 14.1. The SMILES string of the molecule is O=C(O)N1CC(Cn2ccc3c([N+](=O)[O-])cccc3c2=O)C1. The first-order valence-corrected chi connectivity index (χ1v) is 6.72. The molecular formula is C14H13N3O5. The molecule has 0 saturated carbocycles. The van der Waals surface area contributed by atoms with Crippen molar-refractivity contribution in [1.82, 2.24) is 9.47 Å². The minimum Gasteiger partial charge on any atom is -0.465 e. The molecule has 1 aromatic heterocycles. The molecule has 0 aliphatic carbocycles. The predicted molar refractivity (Wildman–Crippen MR) is 78.0 cm³/mol. The normalized spacial score (nSPS) is 14.8. The van der Waals surface area contributed by atoms with E-state index in [9.17, 15) is 19.7 Å². The number of pyridine rings is 1. The van der Waals surface area contributed by atoms with Crippen LogP contribution in [0.1, 0.15) is 0 Å². The number of likely N-dealkylation sites (tertiary alicyclic amines) is 1. The van der Waals surface area contributed by atoms with Crippen molar-refractivity contribution in [2.45, 2.75) is 6.54 Å². The second-order valence-electron chi connectivity index (χ2n) is 5.32. The van der Waals surface area contributed by atoms with Gasteiger partial charge in [0.05, 0.1) is 15.7 Å². The van der Waals surface area contributed by atoms with E-state index >= 15 is 0 Å². The van der Waals surface area contributed by atoms with Crippen LogP contribution in [-0.4, -0.2) is 38.7 Å². The quantitative estimate of drug-likeness (QED) is 0.683. The van der Waals surface area contributed by atoms with Crippen molar-refractivity contribution in [3.8, 4) is 0 Å². The fourth-order valence-corrected chi connectivity index (χ4v) is 2.72. The molecule has 1 aliphatic heterocycles. The standard InChI is InChI=1S/C14H13N3O5/c18-13-11-2-1-3-12(17(21)22)10(11)4-5-15(13)6-9-7-16(8-9)14(19)20/h1-5,9H,6-8H2,(H,19,20). The molecule has 1 N–H and O–H groups in total. The number of hydrogen-bond acceptors (Lipinski definition) is 4. The summed E-state index contributed by atoms with van der Waals surface area (Å²) in [6.45, 7) is 1.20. The van der Waals surface area contributed by atoms with E-state index in [2.05, 4.69) is 0 Å². The van der Waals surface area contributed by atoms with Gasteiger partial charge < -0.3 is 14.6 Å². The van der Waals surface area contributed by atoms with Crippen LogP contribution in [0.5, 0.6) is 0 Å². The summed E-state index contributed by atoms with van der Waals surface area (Å²) in [4.78, 5) is 34.9. The zero-order valence-corrected chi connectivity index (χ0v) is 11.5. The minimum atomic E-state index is -0.960. The first-order chi connectivity index (χ1) is 10.5. The molecule has 114 valence electrons. The lowest BCUT2D eigenvalue weighted by Gasteiger charge is -2.37. The number of fused-ring (bicyclic) bond motifs is 1. The third-order valence-electron chi connectivity index (χ3n) is 3.87. The van der Waals surface area contributed by atoms with Gasteiger partial charge in [-0.05, 0) is 12.1 Å². The molecule has 2 heterocycles. The highest BCUT2D eigenvalue weighted by atomic mass is 16.6. The third-order valence-corrected chi connectivity index (χ3v) is 3.87. The van der Waals surface area contributed by atoms with E-state index in [1.807, 2.05) is 0 Å². The van der Waals surface area contributed by atoms with Crippen LogP contribution in [0, 0.1) is 16.0 Å². The number of nitro benzene ring substituents is 1. The van der Waals surface area contributed by atoms with Crippen LogP contribution in [-0.2, 0) is 6.54 Å². The topological polar surface area (TPSA) is 106 Å². The Morgan fingerprint density at radius 1 is 1.32 bits per heavy atom. The fourth-order valence-electron chi connectivity index (χ4n) is 2.72. The minimum absolute atomic E-state index is 0.0879. The Bertz CT molecular complexity index is 823. The van der Waals surface area contributed by atoms with E-state index < -0.39 is 11.0 Å². The van der Waals surface area contributed by atoms with E-state index in [1.165, 1.54) is 27.8 Å². The molecule has 1 saturated heterocycles. The number of hydrogen-bond donors (Lipinski definition) is 1. The van der Waals surface area contributed by atoms with Crippen LogP contribution < -0.4 is 5.56 Å². The summed E-state index contributed by atoms with van der Waals surface area (Å²) in [5.41, 5.74) is -0.391. The molecular weight excluding hydrogens is 290 g/mol. The molecule has 22 heavy (non-hydrogen) atoms. The van der Waals surface area contributed by atoms with Crippen molar-refractivity contribution in [1.29, 1.82) is 0 Å². The van der Waals surface area contributed by atoms with E-state index in [1.54, 1.807) is 12.1 Å². The molecule has 2 aromatic rings. The lowest BCUT2D eigenvalue weighted by Crippen LogP contribution is -2.51. The Morgan fingerprint density at radius 2 is 2.05 bits per heavy atom. The predicted octanol–water partition coefficient (Wildman–Crippen LogP) is 1.52. The summed E-state index contributed by atoms with van der Waals surface area (Å²) in [5.74, 6) is 0.0879. The van der Waals surface area contributed by atoms with Crippen molar-refractivity contribution in [2.75, 3.05) is 13.1 Å². The van der Waals surface area contributed by atoms with Gasteiger partial charge >= 0.3 is 6.09 Å². The average molecular weight is 303 g/mol. The van der Waals surface area contributed by atoms with Crippen LogP contribution in [0.25, 0.3) is 10.8 Å². The maximum atomic E-state index is 12.4. The number of amides is 1. The number of non-ortho nitro benzene ring substituents is 1. The molecule has 0 bridgehead atoms. The smallest absolute Gasteiger partial charge is 0.407 e. The average Bonchev–Trinajstić information content (AvgIpc) is 2.43. The molecule has 8 nitrogen and oxygen atoms in total. The van der Waals surface area contributed by atoms with Crippen molar-refractivity contribution in [2.24, 2.45) is 5.92 Å². The second-order valence-corrected chi connectivity index (χ2v) is 5.32. The van der Waals surface area contributed by atoms with Crippen molar-refractivity contribution in [3.05, 3.63) is 50.9 Å². The highest BCUT2D eigenvalue weighted by Gasteiger charge is 2.30. The molecule has 0 spiro atoms. The molecule has 8 heteroatoms. The molecule has 0 unspecified atom stereocenters. The lowest BCUT2D eigenvalue weighted by molar-refractivity contribution is -0.383. The monoisotopic (exact) mass is 303 g/mol. The number of nitrogens with zero attached hydrogens (tertiary/aromatic N) is 3. The van der Waals surface area contributed by atoms with Gasteiger partial charge in [-0.2, -0.15) is 0 Å². The Morgan fingerprint density at radius 3 is 2.68 bits per heavy atom. The van der Waals surface area contributed by atoms with Gasteiger partial charge in [0, 0.05) is 37.8 Å². The van der Waals surface area contributed by atoms with Crippen LogP contribution in [0.4, 0.5) is 10.5 Å². The number of carboxylic acid groups (broad SMARTS) is 1. The number of nitro groups is 1. The van der Waals surface area contributed by atoms with Gasteiger partial charge in [-0.15, -0.1) is 0 Å². The summed E-state index contributed by atoms with van der Waals surface area (Å²) < 4.78 is 1.48. The van der Waals surface area contributed by atoms with Crippen LogP contribution in [0.2, 0.25) is 0 Å². The van der Waals surface area contributed by atoms with Gasteiger partial charge in [0.1, 0.15) is 0 Å². The zero-order chi connectivity index (χ0) is 15.9. The van der Waals surface area contributed by atoms with Gasteiger partial charge in [-0.3, -0.25) is 14.9 Å². The first-order valence-electron chi connectivity index (χ1n) is 6.72. The van der Waals surface area contributed by atoms with Gasteiger partial charge in [-0.25, -0.2) is 4.79 Å².